The summed E-state index contributed by atoms with van der Waals surface area (Å²) in [6.45, 7) is 3.41. The van der Waals surface area contributed by atoms with Crippen LogP contribution in [0, 0.1) is 24.1 Å². The van der Waals surface area contributed by atoms with Crippen LogP contribution in [0.1, 0.15) is 70.5 Å². The molecule has 2 N–H and O–H groups in total. The van der Waals surface area contributed by atoms with Crippen LogP contribution in [0.25, 0.3) is 32.1 Å². The number of benzene rings is 2. The first-order valence-electron chi connectivity index (χ1n) is 19.1. The van der Waals surface area contributed by atoms with Gasteiger partial charge in [-0.15, -0.1) is 11.3 Å². The maximum Gasteiger partial charge on any atom is 0.419 e. The van der Waals surface area contributed by atoms with Gasteiger partial charge in [-0.25, -0.2) is 8.78 Å². The zero-order valence-corrected chi connectivity index (χ0v) is 32.2. The van der Waals surface area contributed by atoms with E-state index in [1.54, 1.807) is 22.6 Å². The summed E-state index contributed by atoms with van der Waals surface area (Å²) in [5, 5.41) is 13.1. The van der Waals surface area contributed by atoms with Crippen LogP contribution in [0.3, 0.4) is 0 Å². The first-order chi connectivity index (χ1) is 28.0. The second-order valence-corrected chi connectivity index (χ2v) is 16.6. The summed E-state index contributed by atoms with van der Waals surface area (Å²) in [5.74, 6) is -1.56. The Labute approximate surface area is 334 Å². The lowest BCUT2D eigenvalue weighted by atomic mass is 9.88. The van der Waals surface area contributed by atoms with Crippen molar-refractivity contribution in [3.05, 3.63) is 57.7 Å². The lowest BCUT2D eigenvalue weighted by molar-refractivity contribution is -0.141. The number of rotatable bonds is 6. The first kappa shape index (κ1) is 39.2. The number of aromatic nitrogens is 4. The van der Waals surface area contributed by atoms with Gasteiger partial charge in [-0.1, -0.05) is 6.07 Å². The van der Waals surface area contributed by atoms with Crippen molar-refractivity contribution in [1.29, 1.82) is 5.26 Å². The van der Waals surface area contributed by atoms with Crippen LogP contribution in [-0.4, -0.2) is 86.5 Å². The minimum atomic E-state index is -5.53. The summed E-state index contributed by atoms with van der Waals surface area (Å²) in [6, 6.07) is 3.18. The van der Waals surface area contributed by atoms with Crippen LogP contribution < -0.4 is 15.4 Å². The zero-order chi connectivity index (χ0) is 41.8. The molecular formula is C39H35F8N9O2S. The van der Waals surface area contributed by atoms with E-state index in [4.69, 9.17) is 10.5 Å². The van der Waals surface area contributed by atoms with Gasteiger partial charge in [-0.3, -0.25) is 14.4 Å². The molecule has 9 rings (SSSR count). The van der Waals surface area contributed by atoms with Crippen molar-refractivity contribution < 1.29 is 44.7 Å². The number of amides is 1. The van der Waals surface area contributed by atoms with Gasteiger partial charge in [0, 0.05) is 54.5 Å². The molecule has 7 heterocycles. The van der Waals surface area contributed by atoms with Crippen molar-refractivity contribution in [2.45, 2.75) is 76.2 Å². The molecule has 0 spiro atoms. The van der Waals surface area contributed by atoms with E-state index in [0.717, 1.165) is 31.4 Å². The number of hydrogen-bond acceptors (Lipinski definition) is 10. The molecular weight excluding hydrogens is 811 g/mol. The second-order valence-electron chi connectivity index (χ2n) is 15.6. The summed E-state index contributed by atoms with van der Waals surface area (Å²) in [5.41, 5.74) is -0.618. The van der Waals surface area contributed by atoms with Gasteiger partial charge in [0.2, 0.25) is 0 Å². The highest BCUT2D eigenvalue weighted by Crippen LogP contribution is 2.52. The van der Waals surface area contributed by atoms with E-state index in [0.29, 0.717) is 54.7 Å². The Bertz CT molecular complexity index is 2590. The molecule has 5 aromatic rings. The highest BCUT2D eigenvalue weighted by Gasteiger charge is 2.50. The molecule has 2 atom stereocenters. The number of thiophene rings is 1. The summed E-state index contributed by atoms with van der Waals surface area (Å²) in [7, 11) is 0. The molecule has 3 saturated heterocycles. The average molecular weight is 846 g/mol. The Hall–Kier alpha value is -5.29. The fourth-order valence-corrected chi connectivity index (χ4v) is 10.3. The molecule has 310 valence electrons. The number of hydrogen-bond donors (Lipinski definition) is 1. The monoisotopic (exact) mass is 845 g/mol. The molecule has 4 aliphatic rings. The fourth-order valence-electron chi connectivity index (χ4n) is 9.37. The topological polar surface area (TPSA) is 129 Å². The van der Waals surface area contributed by atoms with E-state index in [1.807, 2.05) is 4.90 Å². The maximum atomic E-state index is 15.8. The lowest BCUT2D eigenvalue weighted by Gasteiger charge is -2.32. The molecule has 11 nitrogen and oxygen atoms in total. The zero-order valence-electron chi connectivity index (χ0n) is 31.4. The van der Waals surface area contributed by atoms with Gasteiger partial charge < -0.3 is 20.3 Å². The molecule has 1 amide bonds. The molecule has 59 heavy (non-hydrogen) atoms. The number of nitriles is 1. The van der Waals surface area contributed by atoms with E-state index in [9.17, 15) is 14.4 Å². The maximum absolute atomic E-state index is 15.8. The van der Waals surface area contributed by atoms with Gasteiger partial charge in [0.15, 0.2) is 5.69 Å². The number of nitrogens with zero attached hydrogens (tertiary/aromatic N) is 8. The number of halogens is 8. The Morgan fingerprint density at radius 1 is 1.07 bits per heavy atom. The van der Waals surface area contributed by atoms with E-state index in [1.165, 1.54) is 4.90 Å². The molecule has 0 bridgehead atoms. The van der Waals surface area contributed by atoms with Crippen molar-refractivity contribution in [2.24, 2.45) is 0 Å². The number of ether oxygens (including phenoxy) is 1. The summed E-state index contributed by atoms with van der Waals surface area (Å²) in [6.07, 6.45) is -9.04. The number of nitrogens with two attached hydrogens (primary N) is 1. The summed E-state index contributed by atoms with van der Waals surface area (Å²) in [4.78, 5) is 27.2. The summed E-state index contributed by atoms with van der Waals surface area (Å²) < 4.78 is 131. The van der Waals surface area contributed by atoms with E-state index in [-0.39, 0.29) is 61.6 Å². The van der Waals surface area contributed by atoms with Crippen LogP contribution in [0.15, 0.2) is 18.2 Å². The van der Waals surface area contributed by atoms with Crippen LogP contribution in [-0.2, 0) is 25.4 Å². The van der Waals surface area contributed by atoms with Crippen molar-refractivity contribution in [3.63, 3.8) is 0 Å². The van der Waals surface area contributed by atoms with Crippen molar-refractivity contribution in [1.82, 2.24) is 29.5 Å². The minimum Gasteiger partial charge on any atom is -0.461 e. The molecule has 0 unspecified atom stereocenters. The van der Waals surface area contributed by atoms with Gasteiger partial charge >= 0.3 is 18.4 Å². The molecule has 0 radical (unpaired) electrons. The molecule has 0 saturated carbocycles. The number of carbonyl (C=O) groups excluding carboxylic acids is 1. The third kappa shape index (κ3) is 6.38. The molecule has 0 aliphatic carbocycles. The largest absolute Gasteiger partial charge is 0.461 e. The number of nitrogen functional groups attached to an aromatic ring is 1. The molecule has 2 aromatic carbocycles. The van der Waals surface area contributed by atoms with E-state index < -0.39 is 84.7 Å². The second kappa shape index (κ2) is 13.9. The number of fused-ring (bicyclic) bond motifs is 4. The lowest BCUT2D eigenvalue weighted by Crippen LogP contribution is -2.43. The Morgan fingerprint density at radius 3 is 2.54 bits per heavy atom. The van der Waals surface area contributed by atoms with Crippen LogP contribution in [0.2, 0.25) is 0 Å². The van der Waals surface area contributed by atoms with Gasteiger partial charge in [-0.2, -0.15) is 46.7 Å². The van der Waals surface area contributed by atoms with Gasteiger partial charge in [0.1, 0.15) is 35.5 Å². The first-order valence-corrected chi connectivity index (χ1v) is 19.9. The van der Waals surface area contributed by atoms with Gasteiger partial charge in [-0.05, 0) is 56.8 Å². The highest BCUT2D eigenvalue weighted by molar-refractivity contribution is 7.23. The number of carbonyl (C=O) groups is 1. The smallest absolute Gasteiger partial charge is 0.419 e. The van der Waals surface area contributed by atoms with Crippen LogP contribution >= 0.6 is 11.3 Å². The number of likely N-dealkylation sites (tertiary alicyclic amines) is 1. The molecule has 20 heteroatoms. The van der Waals surface area contributed by atoms with Crippen molar-refractivity contribution in [2.75, 3.05) is 50.0 Å². The number of anilines is 2. The minimum absolute atomic E-state index is 0.0149. The predicted octanol–water partition coefficient (Wildman–Crippen LogP) is 7.86. The fraction of sp³-hybridized carbons (Fsp3) is 0.462. The highest BCUT2D eigenvalue weighted by atomic mass is 32.1. The summed E-state index contributed by atoms with van der Waals surface area (Å²) >= 11 is 0.528. The average Bonchev–Trinajstić information content (AvgIpc) is 4.01. The van der Waals surface area contributed by atoms with E-state index >= 15 is 30.7 Å². The van der Waals surface area contributed by atoms with Gasteiger partial charge in [0.05, 0.1) is 51.2 Å². The third-order valence-electron chi connectivity index (χ3n) is 12.1. The third-order valence-corrected chi connectivity index (χ3v) is 13.1. The quantitative estimate of drug-likeness (QED) is 0.170. The Morgan fingerprint density at radius 2 is 1.83 bits per heavy atom. The van der Waals surface area contributed by atoms with Crippen molar-refractivity contribution in [3.8, 4) is 23.2 Å². The SMILES string of the molecule is Cc1c(C(=O)N2CCCC2)nn2c1CN(c1nc(OC[C@@]34CCCN3C[C@H](F)C4)nc3c(C(F)(F)F)c(-c4ccc(F)c5sc(N)c(C#N)c45)c(C(F)(F)F)cc13)CC2. The number of alkyl halides is 7. The van der Waals surface area contributed by atoms with Crippen molar-refractivity contribution >= 4 is 49.1 Å². The Balaban J connectivity index is 1.27. The molecule has 3 fully saturated rings. The van der Waals surface area contributed by atoms with Gasteiger partial charge in [0.25, 0.3) is 5.91 Å². The van der Waals surface area contributed by atoms with Crippen LogP contribution in [0.5, 0.6) is 6.01 Å². The standard InChI is InChI=1S/C39H35F8N9O2S/c1-19-26-17-54(11-12-56(26)52-30(19)35(57)53-8-2-3-9-53)34-22-13-24(38(42,43)44)28(21-5-6-25(41)32-27(21)23(15-48)33(49)59-32)29(39(45,46)47)31(22)50-36(51-34)58-18-37-7-4-10-55(37)16-20(40)14-37/h5-6,13,20H,2-4,7-12,14,16-18,49H2,1H3/t20-,37+/m1/s1. The normalized spacial score (nSPS) is 21.1. The van der Waals surface area contributed by atoms with E-state index in [2.05, 4.69) is 15.1 Å². The Kier molecular flexibility index (Phi) is 9.23. The molecule has 4 aliphatic heterocycles. The van der Waals surface area contributed by atoms with Crippen LogP contribution in [0.4, 0.5) is 45.9 Å². The predicted molar refractivity (Wildman–Crippen MR) is 201 cm³/mol. The molecule has 3 aromatic heterocycles.